The van der Waals surface area contributed by atoms with Gasteiger partial charge in [-0.25, -0.2) is 9.37 Å². The van der Waals surface area contributed by atoms with Crippen LogP contribution in [0.25, 0.3) is 10.2 Å². The van der Waals surface area contributed by atoms with Crippen molar-refractivity contribution < 1.29 is 14.0 Å². The topological polar surface area (TPSA) is 71.1 Å². The number of para-hydroxylation sites is 1. The van der Waals surface area contributed by atoms with Gasteiger partial charge in [-0.1, -0.05) is 23.5 Å². The summed E-state index contributed by atoms with van der Waals surface area (Å²) < 4.78 is 13.8. The van der Waals surface area contributed by atoms with E-state index in [2.05, 4.69) is 15.6 Å². The Morgan fingerprint density at radius 3 is 2.58 bits per heavy atom. The fraction of sp³-hybridized carbons (Fsp3) is 0.118. The molecule has 0 spiro atoms. The highest BCUT2D eigenvalue weighted by Crippen LogP contribution is 2.25. The molecule has 0 radical (unpaired) electrons. The Hall–Kier alpha value is -2.80. The molecule has 2 aromatic carbocycles. The maximum atomic E-state index is 12.8. The van der Waals surface area contributed by atoms with Crippen LogP contribution in [0.5, 0.6) is 0 Å². The summed E-state index contributed by atoms with van der Waals surface area (Å²) in [5, 5.41) is 5.88. The number of benzene rings is 2. The molecule has 122 valence electrons. The van der Waals surface area contributed by atoms with Crippen LogP contribution in [0.1, 0.15) is 16.8 Å². The quantitative estimate of drug-likeness (QED) is 0.747. The molecule has 7 heteroatoms. The lowest BCUT2D eigenvalue weighted by molar-refractivity contribution is -0.116. The number of carbonyl (C=O) groups excluding carboxylic acids is 2. The van der Waals surface area contributed by atoms with Crippen molar-refractivity contribution in [2.75, 3.05) is 11.9 Å². The van der Waals surface area contributed by atoms with Crippen molar-refractivity contribution in [2.45, 2.75) is 6.42 Å². The van der Waals surface area contributed by atoms with Gasteiger partial charge in [0.05, 0.1) is 10.2 Å². The summed E-state index contributed by atoms with van der Waals surface area (Å²) in [6.45, 7) is 0.187. The zero-order valence-corrected chi connectivity index (χ0v) is 13.4. The van der Waals surface area contributed by atoms with Crippen LogP contribution in [0.15, 0.2) is 48.5 Å². The smallest absolute Gasteiger partial charge is 0.251 e. The SMILES string of the molecule is O=C(CCNC(=O)c1ccc(F)cc1)Nc1nc2ccccc2s1. The first-order valence-corrected chi connectivity index (χ1v) is 8.13. The van der Waals surface area contributed by atoms with E-state index >= 15 is 0 Å². The maximum Gasteiger partial charge on any atom is 0.251 e. The Labute approximate surface area is 141 Å². The molecule has 0 aliphatic heterocycles. The van der Waals surface area contributed by atoms with Gasteiger partial charge in [-0.2, -0.15) is 0 Å². The van der Waals surface area contributed by atoms with Gasteiger partial charge in [-0.3, -0.25) is 9.59 Å². The zero-order valence-electron chi connectivity index (χ0n) is 12.6. The normalized spacial score (nSPS) is 10.5. The summed E-state index contributed by atoms with van der Waals surface area (Å²) in [5.74, 6) is -0.974. The highest BCUT2D eigenvalue weighted by Gasteiger charge is 2.09. The number of carbonyl (C=O) groups is 2. The van der Waals surface area contributed by atoms with Gasteiger partial charge in [0.25, 0.3) is 5.91 Å². The lowest BCUT2D eigenvalue weighted by atomic mass is 10.2. The number of nitrogens with zero attached hydrogens (tertiary/aromatic N) is 1. The molecule has 3 aromatic rings. The van der Waals surface area contributed by atoms with Crippen LogP contribution in [-0.4, -0.2) is 23.3 Å². The number of thiazole rings is 1. The van der Waals surface area contributed by atoms with Crippen molar-refractivity contribution in [3.63, 3.8) is 0 Å². The maximum absolute atomic E-state index is 12.8. The van der Waals surface area contributed by atoms with Gasteiger partial charge < -0.3 is 10.6 Å². The second-order valence-electron chi connectivity index (χ2n) is 5.05. The molecule has 0 aliphatic carbocycles. The number of hydrogen-bond donors (Lipinski definition) is 2. The van der Waals surface area contributed by atoms with E-state index in [0.717, 1.165) is 10.2 Å². The first kappa shape index (κ1) is 16.1. The first-order valence-electron chi connectivity index (χ1n) is 7.31. The molecular formula is C17H14FN3O2S. The van der Waals surface area contributed by atoms with Crippen LogP contribution >= 0.6 is 11.3 Å². The summed E-state index contributed by atoms with van der Waals surface area (Å²) in [5.41, 5.74) is 1.19. The monoisotopic (exact) mass is 343 g/mol. The van der Waals surface area contributed by atoms with Crippen molar-refractivity contribution >= 4 is 38.5 Å². The van der Waals surface area contributed by atoms with E-state index in [-0.39, 0.29) is 24.8 Å². The molecular weight excluding hydrogens is 329 g/mol. The third-order valence-electron chi connectivity index (χ3n) is 3.28. The first-order chi connectivity index (χ1) is 11.6. The van der Waals surface area contributed by atoms with E-state index in [0.29, 0.717) is 10.7 Å². The summed E-state index contributed by atoms with van der Waals surface area (Å²) >= 11 is 1.40. The van der Waals surface area contributed by atoms with Crippen molar-refractivity contribution in [1.29, 1.82) is 0 Å². The Morgan fingerprint density at radius 1 is 1.08 bits per heavy atom. The van der Waals surface area contributed by atoms with E-state index in [1.807, 2.05) is 24.3 Å². The van der Waals surface area contributed by atoms with Crippen molar-refractivity contribution in [1.82, 2.24) is 10.3 Å². The van der Waals surface area contributed by atoms with Crippen LogP contribution in [0.4, 0.5) is 9.52 Å². The summed E-state index contributed by atoms with van der Waals surface area (Å²) in [6, 6.07) is 12.8. The molecule has 0 saturated heterocycles. The third kappa shape index (κ3) is 3.94. The van der Waals surface area contributed by atoms with Crippen molar-refractivity contribution in [3.05, 3.63) is 59.9 Å². The van der Waals surface area contributed by atoms with Crippen molar-refractivity contribution in [3.8, 4) is 0 Å². The second kappa shape index (κ2) is 7.18. The molecule has 0 fully saturated rings. The number of halogens is 1. The van der Waals surface area contributed by atoms with E-state index < -0.39 is 5.82 Å². The number of nitrogens with one attached hydrogen (secondary N) is 2. The molecule has 5 nitrogen and oxygen atoms in total. The summed E-state index contributed by atoms with van der Waals surface area (Å²) in [4.78, 5) is 28.1. The van der Waals surface area contributed by atoms with Gasteiger partial charge in [0.1, 0.15) is 5.82 Å². The number of fused-ring (bicyclic) bond motifs is 1. The third-order valence-corrected chi connectivity index (χ3v) is 4.24. The highest BCUT2D eigenvalue weighted by molar-refractivity contribution is 7.22. The van der Waals surface area contributed by atoms with Gasteiger partial charge in [-0.15, -0.1) is 0 Å². The number of amides is 2. The van der Waals surface area contributed by atoms with Gasteiger partial charge in [0.2, 0.25) is 5.91 Å². The minimum absolute atomic E-state index is 0.128. The van der Waals surface area contributed by atoms with E-state index in [4.69, 9.17) is 0 Å². The van der Waals surface area contributed by atoms with Gasteiger partial charge >= 0.3 is 0 Å². The molecule has 0 aliphatic rings. The number of anilines is 1. The molecule has 1 heterocycles. The molecule has 0 saturated carbocycles. The van der Waals surface area contributed by atoms with Gasteiger partial charge in [0, 0.05) is 18.5 Å². The van der Waals surface area contributed by atoms with Crippen LogP contribution in [0.3, 0.4) is 0 Å². The average Bonchev–Trinajstić information content (AvgIpc) is 2.97. The predicted octanol–water partition coefficient (Wildman–Crippen LogP) is 3.19. The minimum atomic E-state index is -0.401. The number of rotatable bonds is 5. The standard InChI is InChI=1S/C17H14FN3O2S/c18-12-7-5-11(6-8-12)16(23)19-10-9-15(22)21-17-20-13-3-1-2-4-14(13)24-17/h1-8H,9-10H2,(H,19,23)(H,20,21,22). The molecule has 1 aromatic heterocycles. The van der Waals surface area contributed by atoms with Crippen LogP contribution in [0, 0.1) is 5.82 Å². The Bertz CT molecular complexity index is 844. The average molecular weight is 343 g/mol. The van der Waals surface area contributed by atoms with Crippen molar-refractivity contribution in [2.24, 2.45) is 0 Å². The molecule has 3 rings (SSSR count). The number of hydrogen-bond acceptors (Lipinski definition) is 4. The Morgan fingerprint density at radius 2 is 1.83 bits per heavy atom. The number of aromatic nitrogens is 1. The van der Waals surface area contributed by atoms with Gasteiger partial charge in [0.15, 0.2) is 5.13 Å². The fourth-order valence-electron chi connectivity index (χ4n) is 2.10. The van der Waals surface area contributed by atoms with Crippen LogP contribution in [0.2, 0.25) is 0 Å². The molecule has 0 unspecified atom stereocenters. The lowest BCUT2D eigenvalue weighted by Crippen LogP contribution is -2.27. The van der Waals surface area contributed by atoms with Crippen LogP contribution < -0.4 is 10.6 Å². The molecule has 2 amide bonds. The largest absolute Gasteiger partial charge is 0.352 e. The Kier molecular flexibility index (Phi) is 4.81. The van der Waals surface area contributed by atoms with Gasteiger partial charge in [-0.05, 0) is 36.4 Å². The predicted molar refractivity (Wildman–Crippen MR) is 91.6 cm³/mol. The minimum Gasteiger partial charge on any atom is -0.352 e. The zero-order chi connectivity index (χ0) is 16.9. The highest BCUT2D eigenvalue weighted by atomic mass is 32.1. The van der Waals surface area contributed by atoms with E-state index in [1.165, 1.54) is 35.6 Å². The molecule has 2 N–H and O–H groups in total. The Balaban J connectivity index is 1.48. The molecule has 0 atom stereocenters. The second-order valence-corrected chi connectivity index (χ2v) is 6.08. The summed E-state index contributed by atoms with van der Waals surface area (Å²) in [6.07, 6.45) is 0.128. The van der Waals surface area contributed by atoms with E-state index in [1.54, 1.807) is 0 Å². The molecule has 0 bridgehead atoms. The summed E-state index contributed by atoms with van der Waals surface area (Å²) in [7, 11) is 0. The lowest BCUT2D eigenvalue weighted by Gasteiger charge is -2.05. The fourth-order valence-corrected chi connectivity index (χ4v) is 2.98. The molecule has 24 heavy (non-hydrogen) atoms. The van der Waals surface area contributed by atoms with Crippen LogP contribution in [-0.2, 0) is 4.79 Å². The van der Waals surface area contributed by atoms with E-state index in [9.17, 15) is 14.0 Å².